The Morgan fingerprint density at radius 3 is 2.39 bits per heavy atom. The van der Waals surface area contributed by atoms with Crippen LogP contribution in [0, 0.1) is 6.92 Å². The Labute approximate surface area is 194 Å². The lowest BCUT2D eigenvalue weighted by Crippen LogP contribution is -2.52. The highest BCUT2D eigenvalue weighted by molar-refractivity contribution is 7.09. The Hall–Kier alpha value is -3.05. The van der Waals surface area contributed by atoms with Crippen molar-refractivity contribution in [3.63, 3.8) is 0 Å². The molecule has 1 aromatic heterocycles. The molecule has 0 bridgehead atoms. The Morgan fingerprint density at radius 1 is 1.09 bits per heavy atom. The van der Waals surface area contributed by atoms with Gasteiger partial charge in [0.05, 0.1) is 5.69 Å². The zero-order valence-corrected chi connectivity index (χ0v) is 18.8. The first-order valence-electron chi connectivity index (χ1n) is 9.47. The van der Waals surface area contributed by atoms with Gasteiger partial charge in [0.2, 0.25) is 0 Å². The molecule has 1 aliphatic heterocycles. The molecule has 0 fully saturated rings. The molecule has 0 N–H and O–H groups in total. The van der Waals surface area contributed by atoms with E-state index in [0.717, 1.165) is 22.6 Å². The fourth-order valence-electron chi connectivity index (χ4n) is 3.02. The van der Waals surface area contributed by atoms with Crippen molar-refractivity contribution in [3.05, 3.63) is 68.9 Å². The maximum atomic E-state index is 13.6. The van der Waals surface area contributed by atoms with Gasteiger partial charge in [0.1, 0.15) is 0 Å². The number of hydrogen-bond donors (Lipinski definition) is 0. The number of aryl methyl sites for hydroxylation is 1. The lowest BCUT2D eigenvalue weighted by atomic mass is 10.2. The summed E-state index contributed by atoms with van der Waals surface area (Å²) in [5.41, 5.74) is 1.12. The highest BCUT2D eigenvalue weighted by Crippen LogP contribution is 2.47. The van der Waals surface area contributed by atoms with E-state index in [9.17, 15) is 22.4 Å². The highest BCUT2D eigenvalue weighted by Gasteiger charge is 2.65. The van der Waals surface area contributed by atoms with Gasteiger partial charge in [-0.15, -0.1) is 11.3 Å². The average Bonchev–Trinajstić information content (AvgIpc) is 3.09. The first kappa shape index (κ1) is 23.1. The molecule has 174 valence electrons. The molecule has 0 saturated carbocycles. The van der Waals surface area contributed by atoms with Gasteiger partial charge in [0.25, 0.3) is 0 Å². The average molecular weight is 502 g/mol. The predicted molar refractivity (Wildman–Crippen MR) is 113 cm³/mol. The molecule has 12 heteroatoms. The zero-order chi connectivity index (χ0) is 24.0. The SMILES string of the molecule is Cc1cn(-c2ccc3c(c2)OC(F)(F)C(F)(F)O3)/c(=N/C(=O)N(C)Cc2ccc(Cl)cc2)s1. The Balaban J connectivity index is 1.63. The molecule has 0 radical (unpaired) electrons. The van der Waals surface area contributed by atoms with Crippen molar-refractivity contribution in [2.45, 2.75) is 25.7 Å². The molecule has 2 heterocycles. The largest absolute Gasteiger partial charge is 0.507 e. The van der Waals surface area contributed by atoms with Crippen molar-refractivity contribution >= 4 is 29.0 Å². The van der Waals surface area contributed by atoms with Crippen LogP contribution in [0.2, 0.25) is 5.02 Å². The number of carbonyl (C=O) groups is 1. The van der Waals surface area contributed by atoms with E-state index in [1.54, 1.807) is 44.4 Å². The number of halogens is 5. The van der Waals surface area contributed by atoms with Crippen LogP contribution < -0.4 is 14.3 Å². The van der Waals surface area contributed by atoms with E-state index >= 15 is 0 Å². The maximum Gasteiger partial charge on any atom is 0.507 e. The second-order valence-electron chi connectivity index (χ2n) is 7.24. The van der Waals surface area contributed by atoms with Gasteiger partial charge in [0.15, 0.2) is 16.3 Å². The Kier molecular flexibility index (Phi) is 5.87. The second-order valence-corrected chi connectivity index (χ2v) is 8.89. The normalized spacial score (nSPS) is 16.5. The second kappa shape index (κ2) is 8.38. The smallest absolute Gasteiger partial charge is 0.421 e. The van der Waals surface area contributed by atoms with Crippen LogP contribution in [-0.4, -0.2) is 34.8 Å². The lowest BCUT2D eigenvalue weighted by Gasteiger charge is -2.31. The summed E-state index contributed by atoms with van der Waals surface area (Å²) in [6.07, 6.45) is -8.00. The molecule has 0 unspecified atom stereocenters. The molecule has 4 rings (SSSR count). The first-order chi connectivity index (χ1) is 15.4. The zero-order valence-electron chi connectivity index (χ0n) is 17.2. The first-order valence-corrected chi connectivity index (χ1v) is 10.7. The number of aromatic nitrogens is 1. The van der Waals surface area contributed by atoms with Gasteiger partial charge in [-0.05, 0) is 36.8 Å². The summed E-state index contributed by atoms with van der Waals surface area (Å²) in [7, 11) is 1.58. The van der Waals surface area contributed by atoms with Gasteiger partial charge >= 0.3 is 18.2 Å². The Morgan fingerprint density at radius 2 is 1.73 bits per heavy atom. The molecule has 2 aromatic carbocycles. The minimum absolute atomic E-state index is 0.259. The van der Waals surface area contributed by atoms with E-state index in [2.05, 4.69) is 14.5 Å². The fraction of sp³-hybridized carbons (Fsp3) is 0.238. The molecule has 3 aromatic rings. The van der Waals surface area contributed by atoms with Crippen LogP contribution in [0.15, 0.2) is 53.7 Å². The van der Waals surface area contributed by atoms with Crippen molar-refractivity contribution in [1.29, 1.82) is 0 Å². The number of ether oxygens (including phenoxy) is 2. The summed E-state index contributed by atoms with van der Waals surface area (Å²) in [5.74, 6) is -1.09. The van der Waals surface area contributed by atoms with E-state index in [4.69, 9.17) is 11.6 Å². The number of hydrogen-bond acceptors (Lipinski definition) is 4. The minimum Gasteiger partial charge on any atom is -0.421 e. The summed E-state index contributed by atoms with van der Waals surface area (Å²) in [5, 5.41) is 0.577. The van der Waals surface area contributed by atoms with Gasteiger partial charge in [-0.25, -0.2) is 4.79 Å². The van der Waals surface area contributed by atoms with Gasteiger partial charge in [0, 0.05) is 35.8 Å². The van der Waals surface area contributed by atoms with Crippen LogP contribution in [0.3, 0.4) is 0 Å². The van der Waals surface area contributed by atoms with Gasteiger partial charge in [-0.2, -0.15) is 22.6 Å². The van der Waals surface area contributed by atoms with Crippen molar-refractivity contribution in [2.75, 3.05) is 7.05 Å². The number of alkyl halides is 4. The van der Waals surface area contributed by atoms with Crippen molar-refractivity contribution in [3.8, 4) is 17.2 Å². The van der Waals surface area contributed by atoms with Crippen molar-refractivity contribution < 1.29 is 31.8 Å². The van der Waals surface area contributed by atoms with Gasteiger partial charge in [-0.1, -0.05) is 23.7 Å². The standard InChI is InChI=1S/C21H16ClF4N3O3S/c1-12-10-29(15-7-8-16-17(9-15)32-21(25,26)20(23,24)31-16)19(33-12)27-18(30)28(2)11-13-3-5-14(22)6-4-13/h3-10H,11H2,1-2H3/b27-19-. The van der Waals surface area contributed by atoms with E-state index in [-0.39, 0.29) is 17.0 Å². The van der Waals surface area contributed by atoms with E-state index in [1.807, 2.05) is 0 Å². The highest BCUT2D eigenvalue weighted by atomic mass is 35.5. The third-order valence-corrected chi connectivity index (χ3v) is 5.79. The van der Waals surface area contributed by atoms with Crippen LogP contribution in [-0.2, 0) is 6.54 Å². The van der Waals surface area contributed by atoms with Crippen LogP contribution in [0.5, 0.6) is 11.5 Å². The van der Waals surface area contributed by atoms with Gasteiger partial charge < -0.3 is 14.4 Å². The lowest BCUT2D eigenvalue weighted by molar-refractivity contribution is -0.391. The Bertz CT molecular complexity index is 1270. The summed E-state index contributed by atoms with van der Waals surface area (Å²) in [6, 6.07) is 10.0. The van der Waals surface area contributed by atoms with Crippen LogP contribution >= 0.6 is 22.9 Å². The van der Waals surface area contributed by atoms with Crippen LogP contribution in [0.25, 0.3) is 5.69 Å². The van der Waals surface area contributed by atoms with Crippen LogP contribution in [0.1, 0.15) is 10.4 Å². The molecule has 0 aliphatic carbocycles. The predicted octanol–water partition coefficient (Wildman–Crippen LogP) is 5.61. The van der Waals surface area contributed by atoms with Gasteiger partial charge in [-0.3, -0.25) is 4.57 Å². The minimum atomic E-state index is -4.83. The summed E-state index contributed by atoms with van der Waals surface area (Å²) in [4.78, 5) is 19.2. The molecule has 2 amide bonds. The van der Waals surface area contributed by atoms with E-state index in [0.29, 0.717) is 5.02 Å². The summed E-state index contributed by atoms with van der Waals surface area (Å²) in [6.45, 7) is 2.06. The molecular formula is C21H16ClF4N3O3S. The van der Waals surface area contributed by atoms with Crippen molar-refractivity contribution in [2.24, 2.45) is 4.99 Å². The number of nitrogens with zero attached hydrogens (tertiary/aromatic N) is 3. The topological polar surface area (TPSA) is 56.1 Å². The fourth-order valence-corrected chi connectivity index (χ4v) is 3.97. The number of fused-ring (bicyclic) bond motifs is 1. The molecular weight excluding hydrogens is 486 g/mol. The summed E-state index contributed by atoms with van der Waals surface area (Å²) < 4.78 is 63.7. The molecule has 33 heavy (non-hydrogen) atoms. The maximum absolute atomic E-state index is 13.6. The molecule has 0 spiro atoms. The number of amides is 2. The number of carbonyl (C=O) groups excluding carboxylic acids is 1. The number of thiazole rings is 1. The number of benzene rings is 2. The van der Waals surface area contributed by atoms with Crippen LogP contribution in [0.4, 0.5) is 22.4 Å². The molecule has 1 aliphatic rings. The third kappa shape index (κ3) is 4.69. The molecule has 0 atom stereocenters. The number of urea groups is 1. The molecule has 0 saturated heterocycles. The van der Waals surface area contributed by atoms with E-state index < -0.39 is 29.7 Å². The third-order valence-electron chi connectivity index (χ3n) is 4.64. The summed E-state index contributed by atoms with van der Waals surface area (Å²) >= 11 is 7.07. The van der Waals surface area contributed by atoms with E-state index in [1.165, 1.54) is 26.9 Å². The number of rotatable bonds is 3. The monoisotopic (exact) mass is 501 g/mol. The quantitative estimate of drug-likeness (QED) is 0.438. The molecule has 6 nitrogen and oxygen atoms in total. The van der Waals surface area contributed by atoms with Crippen molar-refractivity contribution in [1.82, 2.24) is 9.47 Å².